The van der Waals surface area contributed by atoms with Gasteiger partial charge < -0.3 is 15.3 Å². The summed E-state index contributed by atoms with van der Waals surface area (Å²) in [5, 5.41) is 11.7. The van der Waals surface area contributed by atoms with Crippen LogP contribution in [0.25, 0.3) is 0 Å². The Morgan fingerprint density at radius 2 is 1.79 bits per heavy atom. The van der Waals surface area contributed by atoms with Gasteiger partial charge in [0.15, 0.2) is 0 Å². The zero-order valence-corrected chi connectivity index (χ0v) is 15.4. The van der Waals surface area contributed by atoms with E-state index in [0.717, 1.165) is 5.56 Å². The van der Waals surface area contributed by atoms with Gasteiger partial charge in [-0.05, 0) is 49.6 Å². The van der Waals surface area contributed by atoms with Gasteiger partial charge in [0.1, 0.15) is 5.82 Å². The number of halogens is 1. The average Bonchev–Trinajstić information content (AvgIpc) is 2.69. The summed E-state index contributed by atoms with van der Waals surface area (Å²) in [5.41, 5.74) is 1.49. The van der Waals surface area contributed by atoms with E-state index in [-0.39, 0.29) is 11.5 Å². The maximum Gasteiger partial charge on any atom is 0.306 e. The summed E-state index contributed by atoms with van der Waals surface area (Å²) in [4.78, 5) is 37.8. The number of carboxylic acid groups (broad SMARTS) is 1. The zero-order valence-electron chi connectivity index (χ0n) is 15.4. The van der Waals surface area contributed by atoms with E-state index < -0.39 is 23.6 Å². The molecule has 1 aliphatic rings. The number of likely N-dealkylation sites (tertiary alicyclic amines) is 1. The van der Waals surface area contributed by atoms with E-state index in [1.807, 2.05) is 0 Å². The van der Waals surface area contributed by atoms with Crippen molar-refractivity contribution in [1.29, 1.82) is 0 Å². The van der Waals surface area contributed by atoms with Gasteiger partial charge in [-0.3, -0.25) is 14.4 Å². The normalized spacial score (nSPS) is 14.6. The van der Waals surface area contributed by atoms with Crippen LogP contribution >= 0.6 is 0 Å². The van der Waals surface area contributed by atoms with E-state index in [1.165, 1.54) is 18.2 Å². The Morgan fingerprint density at radius 3 is 2.43 bits per heavy atom. The van der Waals surface area contributed by atoms with Crippen molar-refractivity contribution in [1.82, 2.24) is 4.90 Å². The summed E-state index contributed by atoms with van der Waals surface area (Å²) in [6.45, 7) is 2.53. The zero-order chi connectivity index (χ0) is 20.3. The Kier molecular flexibility index (Phi) is 5.73. The number of aryl methyl sites for hydroxylation is 1. The summed E-state index contributed by atoms with van der Waals surface area (Å²) < 4.78 is 13.8. The molecule has 2 aromatic carbocycles. The maximum atomic E-state index is 13.8. The van der Waals surface area contributed by atoms with Gasteiger partial charge in [-0.25, -0.2) is 4.39 Å². The van der Waals surface area contributed by atoms with Crippen LogP contribution in [0.5, 0.6) is 0 Å². The van der Waals surface area contributed by atoms with E-state index in [4.69, 9.17) is 5.11 Å². The molecule has 0 aliphatic carbocycles. The minimum Gasteiger partial charge on any atom is -0.481 e. The lowest BCUT2D eigenvalue weighted by atomic mass is 9.96. The standard InChI is InChI=1S/C21H21FN2O4/c1-13-6-7-15(20(26)24-10-8-14(9-11-24)21(27)28)12-18(13)23-19(25)16-4-2-3-5-17(16)22/h2-7,12,14H,8-11H2,1H3,(H,23,25)(H,27,28). The van der Waals surface area contributed by atoms with Gasteiger partial charge in [-0.15, -0.1) is 0 Å². The second-order valence-corrected chi connectivity index (χ2v) is 6.87. The Balaban J connectivity index is 1.74. The molecule has 0 aromatic heterocycles. The molecule has 1 saturated heterocycles. The number of carboxylic acids is 1. The van der Waals surface area contributed by atoms with Gasteiger partial charge in [-0.1, -0.05) is 18.2 Å². The Hall–Kier alpha value is -3.22. The van der Waals surface area contributed by atoms with Crippen LogP contribution in [0.1, 0.15) is 39.1 Å². The molecule has 0 atom stereocenters. The minimum atomic E-state index is -0.833. The number of carbonyl (C=O) groups excluding carboxylic acids is 2. The van der Waals surface area contributed by atoms with Crippen molar-refractivity contribution in [2.24, 2.45) is 5.92 Å². The quantitative estimate of drug-likeness (QED) is 0.847. The van der Waals surface area contributed by atoms with Crippen LogP contribution < -0.4 is 5.32 Å². The molecule has 2 aromatic rings. The molecule has 2 amide bonds. The monoisotopic (exact) mass is 384 g/mol. The third kappa shape index (κ3) is 4.19. The van der Waals surface area contributed by atoms with Crippen LogP contribution in [0, 0.1) is 18.7 Å². The number of piperidine rings is 1. The first kappa shape index (κ1) is 19.5. The number of rotatable bonds is 4. The van der Waals surface area contributed by atoms with Crippen LogP contribution in [0.15, 0.2) is 42.5 Å². The molecule has 0 saturated carbocycles. The summed E-state index contributed by atoms with van der Waals surface area (Å²) in [5.74, 6) is -2.68. The fourth-order valence-corrected chi connectivity index (χ4v) is 3.24. The molecular weight excluding hydrogens is 363 g/mol. The average molecular weight is 384 g/mol. The lowest BCUT2D eigenvalue weighted by molar-refractivity contribution is -0.143. The molecular formula is C21H21FN2O4. The van der Waals surface area contributed by atoms with E-state index in [1.54, 1.807) is 36.1 Å². The predicted octanol–water partition coefficient (Wildman–Crippen LogP) is 3.32. The Bertz CT molecular complexity index is 920. The molecule has 1 heterocycles. The van der Waals surface area contributed by atoms with Gasteiger partial charge in [-0.2, -0.15) is 0 Å². The van der Waals surface area contributed by atoms with Crippen LogP contribution in [-0.4, -0.2) is 40.9 Å². The summed E-state index contributed by atoms with van der Waals surface area (Å²) in [6, 6.07) is 10.6. The highest BCUT2D eigenvalue weighted by molar-refractivity contribution is 6.05. The second kappa shape index (κ2) is 8.21. The molecule has 6 nitrogen and oxygen atoms in total. The summed E-state index contributed by atoms with van der Waals surface area (Å²) in [6.07, 6.45) is 0.841. The number of amides is 2. The molecule has 0 spiro atoms. The van der Waals surface area contributed by atoms with Crippen molar-refractivity contribution in [3.05, 3.63) is 65.0 Å². The fraction of sp³-hybridized carbons (Fsp3) is 0.286. The van der Waals surface area contributed by atoms with Crippen molar-refractivity contribution in [2.75, 3.05) is 18.4 Å². The predicted molar refractivity (Wildman–Crippen MR) is 102 cm³/mol. The SMILES string of the molecule is Cc1ccc(C(=O)N2CCC(C(=O)O)CC2)cc1NC(=O)c1ccccc1F. The first-order chi connectivity index (χ1) is 13.4. The smallest absolute Gasteiger partial charge is 0.306 e. The van der Waals surface area contributed by atoms with Crippen molar-refractivity contribution in [3.8, 4) is 0 Å². The molecule has 1 aliphatic heterocycles. The number of aliphatic carboxylic acids is 1. The number of hydrogen-bond donors (Lipinski definition) is 2. The van der Waals surface area contributed by atoms with Crippen LogP contribution in [0.4, 0.5) is 10.1 Å². The van der Waals surface area contributed by atoms with Crippen LogP contribution in [0.3, 0.4) is 0 Å². The Labute approximate surface area is 162 Å². The van der Waals surface area contributed by atoms with E-state index in [9.17, 15) is 18.8 Å². The van der Waals surface area contributed by atoms with Gasteiger partial charge >= 0.3 is 5.97 Å². The van der Waals surface area contributed by atoms with Gasteiger partial charge in [0.05, 0.1) is 11.5 Å². The molecule has 0 unspecified atom stereocenters. The Morgan fingerprint density at radius 1 is 1.11 bits per heavy atom. The van der Waals surface area contributed by atoms with Crippen molar-refractivity contribution in [3.63, 3.8) is 0 Å². The van der Waals surface area contributed by atoms with Crippen molar-refractivity contribution in [2.45, 2.75) is 19.8 Å². The fourth-order valence-electron chi connectivity index (χ4n) is 3.24. The number of anilines is 1. The van der Waals surface area contributed by atoms with Gasteiger partial charge in [0.25, 0.3) is 11.8 Å². The van der Waals surface area contributed by atoms with E-state index in [0.29, 0.717) is 37.2 Å². The molecule has 28 heavy (non-hydrogen) atoms. The molecule has 146 valence electrons. The third-order valence-corrected chi connectivity index (χ3v) is 4.98. The maximum absolute atomic E-state index is 13.8. The molecule has 2 N–H and O–H groups in total. The van der Waals surface area contributed by atoms with Crippen LogP contribution in [-0.2, 0) is 4.79 Å². The first-order valence-corrected chi connectivity index (χ1v) is 9.05. The molecule has 0 radical (unpaired) electrons. The first-order valence-electron chi connectivity index (χ1n) is 9.05. The molecule has 7 heteroatoms. The van der Waals surface area contributed by atoms with Gasteiger partial charge in [0.2, 0.25) is 0 Å². The summed E-state index contributed by atoms with van der Waals surface area (Å²) in [7, 11) is 0. The largest absolute Gasteiger partial charge is 0.481 e. The van der Waals surface area contributed by atoms with Crippen molar-refractivity contribution < 1.29 is 23.9 Å². The number of nitrogens with one attached hydrogen (secondary N) is 1. The lowest BCUT2D eigenvalue weighted by Crippen LogP contribution is -2.40. The number of nitrogens with zero attached hydrogens (tertiary/aromatic N) is 1. The van der Waals surface area contributed by atoms with E-state index in [2.05, 4.69) is 5.32 Å². The van der Waals surface area contributed by atoms with Crippen LogP contribution in [0.2, 0.25) is 0 Å². The number of benzene rings is 2. The highest BCUT2D eigenvalue weighted by Gasteiger charge is 2.27. The topological polar surface area (TPSA) is 86.7 Å². The highest BCUT2D eigenvalue weighted by Crippen LogP contribution is 2.23. The van der Waals surface area contributed by atoms with Gasteiger partial charge in [0, 0.05) is 24.3 Å². The number of hydrogen-bond acceptors (Lipinski definition) is 3. The van der Waals surface area contributed by atoms with Crippen molar-refractivity contribution >= 4 is 23.5 Å². The second-order valence-electron chi connectivity index (χ2n) is 6.87. The molecule has 1 fully saturated rings. The lowest BCUT2D eigenvalue weighted by Gasteiger charge is -2.30. The molecule has 3 rings (SSSR count). The minimum absolute atomic E-state index is 0.0747. The highest BCUT2D eigenvalue weighted by atomic mass is 19.1. The van der Waals surface area contributed by atoms with E-state index >= 15 is 0 Å². The molecule has 0 bridgehead atoms. The summed E-state index contributed by atoms with van der Waals surface area (Å²) >= 11 is 0. The third-order valence-electron chi connectivity index (χ3n) is 4.98. The number of carbonyl (C=O) groups is 3.